The molecule has 0 aliphatic carbocycles. The summed E-state index contributed by atoms with van der Waals surface area (Å²) in [5, 5.41) is 12.4. The van der Waals surface area contributed by atoms with Crippen molar-refractivity contribution in [1.82, 2.24) is 0 Å². The number of rotatable bonds is 6. The van der Waals surface area contributed by atoms with E-state index in [0.717, 1.165) is 0 Å². The SMILES string of the molecule is CC(O)c1ccccc1NC(=O)CCC(=O)c1ccc(F)cc1. The van der Waals surface area contributed by atoms with Crippen molar-refractivity contribution < 1.29 is 19.1 Å². The smallest absolute Gasteiger partial charge is 0.224 e. The summed E-state index contributed by atoms with van der Waals surface area (Å²) in [6.45, 7) is 1.61. The second-order valence-electron chi connectivity index (χ2n) is 5.24. The maximum atomic E-state index is 12.8. The highest BCUT2D eigenvalue weighted by atomic mass is 19.1. The van der Waals surface area contributed by atoms with E-state index in [1.807, 2.05) is 0 Å². The molecular weight excluding hydrogens is 297 g/mol. The molecule has 4 nitrogen and oxygen atoms in total. The quantitative estimate of drug-likeness (QED) is 0.802. The van der Waals surface area contributed by atoms with Gasteiger partial charge in [0.1, 0.15) is 5.82 Å². The Kier molecular flexibility index (Phi) is 5.60. The van der Waals surface area contributed by atoms with E-state index in [4.69, 9.17) is 0 Å². The van der Waals surface area contributed by atoms with Crippen LogP contribution in [0.1, 0.15) is 41.8 Å². The average Bonchev–Trinajstić information content (AvgIpc) is 2.53. The Hall–Kier alpha value is -2.53. The number of carbonyl (C=O) groups is 2. The number of halogens is 1. The molecule has 0 fully saturated rings. The predicted molar refractivity (Wildman–Crippen MR) is 85.7 cm³/mol. The lowest BCUT2D eigenvalue weighted by Gasteiger charge is -2.12. The third kappa shape index (κ3) is 4.72. The maximum absolute atomic E-state index is 12.8. The molecule has 1 unspecified atom stereocenters. The van der Waals surface area contributed by atoms with Gasteiger partial charge >= 0.3 is 0 Å². The van der Waals surface area contributed by atoms with Gasteiger partial charge in [0.2, 0.25) is 5.91 Å². The van der Waals surface area contributed by atoms with Crippen LogP contribution in [0.3, 0.4) is 0 Å². The predicted octanol–water partition coefficient (Wildman–Crippen LogP) is 3.48. The van der Waals surface area contributed by atoms with Gasteiger partial charge in [0.25, 0.3) is 0 Å². The van der Waals surface area contributed by atoms with Gasteiger partial charge in [-0.3, -0.25) is 9.59 Å². The van der Waals surface area contributed by atoms with E-state index in [9.17, 15) is 19.1 Å². The third-order valence-electron chi connectivity index (χ3n) is 3.43. The normalized spacial score (nSPS) is 11.8. The number of para-hydroxylation sites is 1. The minimum absolute atomic E-state index is 0.0182. The Morgan fingerprint density at radius 1 is 1.09 bits per heavy atom. The molecule has 0 bridgehead atoms. The van der Waals surface area contributed by atoms with E-state index in [0.29, 0.717) is 16.8 Å². The first kappa shape index (κ1) is 16.8. The Bertz CT molecular complexity index is 696. The van der Waals surface area contributed by atoms with E-state index in [2.05, 4.69) is 5.32 Å². The van der Waals surface area contributed by atoms with E-state index in [1.54, 1.807) is 31.2 Å². The second-order valence-corrected chi connectivity index (χ2v) is 5.24. The molecule has 0 aliphatic heterocycles. The molecule has 2 aromatic carbocycles. The van der Waals surface area contributed by atoms with Crippen molar-refractivity contribution in [2.45, 2.75) is 25.9 Å². The fourth-order valence-electron chi connectivity index (χ4n) is 2.20. The lowest BCUT2D eigenvalue weighted by Crippen LogP contribution is -2.15. The van der Waals surface area contributed by atoms with Crippen LogP contribution in [0.25, 0.3) is 0 Å². The molecule has 0 saturated carbocycles. The summed E-state index contributed by atoms with van der Waals surface area (Å²) in [5.41, 5.74) is 1.52. The molecule has 1 atom stereocenters. The first-order chi connectivity index (χ1) is 11.0. The summed E-state index contributed by atoms with van der Waals surface area (Å²) in [7, 11) is 0. The number of hydrogen-bond donors (Lipinski definition) is 2. The Labute approximate surface area is 134 Å². The van der Waals surface area contributed by atoms with Crippen molar-refractivity contribution >= 4 is 17.4 Å². The minimum Gasteiger partial charge on any atom is -0.389 e. The average molecular weight is 315 g/mol. The number of nitrogens with one attached hydrogen (secondary N) is 1. The topological polar surface area (TPSA) is 66.4 Å². The van der Waals surface area contributed by atoms with Gasteiger partial charge in [-0.05, 0) is 37.3 Å². The highest BCUT2D eigenvalue weighted by Crippen LogP contribution is 2.22. The standard InChI is InChI=1S/C18H18FNO3/c1-12(21)15-4-2-3-5-16(15)20-18(23)11-10-17(22)13-6-8-14(19)9-7-13/h2-9,12,21H,10-11H2,1H3,(H,20,23). The van der Waals surface area contributed by atoms with Crippen molar-refractivity contribution in [3.8, 4) is 0 Å². The summed E-state index contributed by atoms with van der Waals surface area (Å²) in [4.78, 5) is 23.9. The van der Waals surface area contributed by atoms with Gasteiger partial charge in [-0.1, -0.05) is 18.2 Å². The minimum atomic E-state index is -0.702. The number of amides is 1. The van der Waals surface area contributed by atoms with Crippen LogP contribution in [-0.2, 0) is 4.79 Å². The number of aliphatic hydroxyl groups excluding tert-OH is 1. The van der Waals surface area contributed by atoms with Crippen molar-refractivity contribution in [1.29, 1.82) is 0 Å². The molecule has 23 heavy (non-hydrogen) atoms. The van der Waals surface area contributed by atoms with Crippen LogP contribution in [0.5, 0.6) is 0 Å². The van der Waals surface area contributed by atoms with Crippen molar-refractivity contribution in [2.75, 3.05) is 5.32 Å². The van der Waals surface area contributed by atoms with Gasteiger partial charge in [0.05, 0.1) is 6.10 Å². The van der Waals surface area contributed by atoms with Gasteiger partial charge in [0.15, 0.2) is 5.78 Å². The number of aliphatic hydroxyl groups is 1. The van der Waals surface area contributed by atoms with Crippen LogP contribution in [-0.4, -0.2) is 16.8 Å². The molecule has 2 rings (SSSR count). The number of benzene rings is 2. The zero-order chi connectivity index (χ0) is 16.8. The fourth-order valence-corrected chi connectivity index (χ4v) is 2.20. The summed E-state index contributed by atoms with van der Waals surface area (Å²) >= 11 is 0. The summed E-state index contributed by atoms with van der Waals surface area (Å²) in [6.07, 6.45) is -0.647. The lowest BCUT2D eigenvalue weighted by molar-refractivity contribution is -0.116. The summed E-state index contributed by atoms with van der Waals surface area (Å²) in [5.74, 6) is -0.938. The van der Waals surface area contributed by atoms with Crippen molar-refractivity contribution in [3.63, 3.8) is 0 Å². The molecule has 5 heteroatoms. The third-order valence-corrected chi connectivity index (χ3v) is 3.43. The first-order valence-electron chi connectivity index (χ1n) is 7.33. The molecule has 2 aromatic rings. The largest absolute Gasteiger partial charge is 0.389 e. The van der Waals surface area contributed by atoms with Crippen LogP contribution in [0.4, 0.5) is 10.1 Å². The Morgan fingerprint density at radius 2 is 1.74 bits per heavy atom. The molecule has 1 amide bonds. The number of Topliss-reactive ketones (excluding diaryl/α,β-unsaturated/α-hetero) is 1. The zero-order valence-corrected chi connectivity index (χ0v) is 12.8. The van der Waals surface area contributed by atoms with Crippen molar-refractivity contribution in [3.05, 3.63) is 65.5 Å². The molecule has 0 saturated heterocycles. The first-order valence-corrected chi connectivity index (χ1v) is 7.33. The lowest BCUT2D eigenvalue weighted by atomic mass is 10.1. The molecular formula is C18H18FNO3. The van der Waals surface area contributed by atoms with Gasteiger partial charge in [-0.2, -0.15) is 0 Å². The fraction of sp³-hybridized carbons (Fsp3) is 0.222. The number of carbonyl (C=O) groups excluding carboxylic acids is 2. The van der Waals surface area contributed by atoms with E-state index in [-0.39, 0.29) is 24.5 Å². The number of anilines is 1. The Balaban J connectivity index is 1.93. The van der Waals surface area contributed by atoms with Crippen LogP contribution in [0.15, 0.2) is 48.5 Å². The zero-order valence-electron chi connectivity index (χ0n) is 12.8. The second kappa shape index (κ2) is 7.65. The number of hydrogen-bond acceptors (Lipinski definition) is 3. The van der Waals surface area contributed by atoms with Crippen LogP contribution >= 0.6 is 0 Å². The van der Waals surface area contributed by atoms with Gasteiger partial charge < -0.3 is 10.4 Å². The van der Waals surface area contributed by atoms with Gasteiger partial charge in [-0.15, -0.1) is 0 Å². The highest BCUT2D eigenvalue weighted by Gasteiger charge is 2.12. The molecule has 0 aliphatic rings. The van der Waals surface area contributed by atoms with E-state index >= 15 is 0 Å². The van der Waals surface area contributed by atoms with Gasteiger partial charge in [0, 0.05) is 29.7 Å². The van der Waals surface area contributed by atoms with Crippen LogP contribution < -0.4 is 5.32 Å². The van der Waals surface area contributed by atoms with Gasteiger partial charge in [-0.25, -0.2) is 4.39 Å². The monoisotopic (exact) mass is 315 g/mol. The highest BCUT2D eigenvalue weighted by molar-refractivity contribution is 6.00. The molecule has 0 aromatic heterocycles. The van der Waals surface area contributed by atoms with Crippen molar-refractivity contribution in [2.24, 2.45) is 0 Å². The summed E-state index contributed by atoms with van der Waals surface area (Å²) < 4.78 is 12.8. The number of ketones is 1. The molecule has 0 heterocycles. The molecule has 0 radical (unpaired) electrons. The molecule has 120 valence electrons. The van der Waals surface area contributed by atoms with Crippen LogP contribution in [0, 0.1) is 5.82 Å². The molecule has 2 N–H and O–H groups in total. The maximum Gasteiger partial charge on any atom is 0.224 e. The summed E-state index contributed by atoms with van der Waals surface area (Å²) in [6, 6.07) is 12.2. The van der Waals surface area contributed by atoms with Crippen LogP contribution in [0.2, 0.25) is 0 Å². The van der Waals surface area contributed by atoms with E-state index < -0.39 is 11.9 Å². The molecule has 0 spiro atoms. The Morgan fingerprint density at radius 3 is 2.39 bits per heavy atom. The van der Waals surface area contributed by atoms with E-state index in [1.165, 1.54) is 24.3 Å².